The summed E-state index contributed by atoms with van der Waals surface area (Å²) < 4.78 is 0. The molecule has 0 fully saturated rings. The second-order valence-electron chi connectivity index (χ2n) is 18.6. The van der Waals surface area contributed by atoms with Gasteiger partial charge in [0.1, 0.15) is 0 Å². The molecule has 0 spiro atoms. The van der Waals surface area contributed by atoms with E-state index in [1.54, 1.807) is 0 Å². The molecule has 2 atom stereocenters. The Balaban J connectivity index is 3.63. The number of hydrogen-bond donors (Lipinski definition) is 3. The van der Waals surface area contributed by atoms with Gasteiger partial charge in [-0.3, -0.25) is 4.79 Å². The van der Waals surface area contributed by atoms with Crippen molar-refractivity contribution in [3.8, 4) is 0 Å². The number of carbonyl (C=O) groups excluding carboxylic acids is 1. The standard InChI is InChI=1S/C64H107NO3/c1-3-5-7-9-11-13-15-17-19-20-21-22-23-24-25-26-27-28-29-30-31-32-33-34-35-36-37-38-39-40-41-42-43-44-46-48-50-52-54-56-58-60-64(68)65-62(61-66)63(67)59-57-55-53-51-49-47-45-18-16-14-12-10-8-6-4-2/h5,7,11,13,17,19,21-22,24-25,27-28,30-31,33-34,36-37,39-40,42-43,62-63,66-67H,3-4,6,8-10,12,14-16,18,20,23,26,29,32,35,38,41,44-61H2,1-2H3,(H,65,68)/b7-5-,13-11-,19-17-,22-21-,25-24-,28-27-,31-30-,34-33-,37-36-,40-39-,43-42-. The van der Waals surface area contributed by atoms with Gasteiger partial charge in [-0.2, -0.15) is 0 Å². The Morgan fingerprint density at radius 3 is 0.971 bits per heavy atom. The van der Waals surface area contributed by atoms with Crippen LogP contribution in [0, 0.1) is 0 Å². The Morgan fingerprint density at radius 1 is 0.368 bits per heavy atom. The van der Waals surface area contributed by atoms with E-state index in [4.69, 9.17) is 0 Å². The van der Waals surface area contributed by atoms with Gasteiger partial charge >= 0.3 is 0 Å². The Hall–Kier alpha value is -3.47. The van der Waals surface area contributed by atoms with Gasteiger partial charge < -0.3 is 15.5 Å². The van der Waals surface area contributed by atoms with E-state index in [1.807, 2.05) is 0 Å². The van der Waals surface area contributed by atoms with E-state index in [0.717, 1.165) is 109 Å². The first kappa shape index (κ1) is 64.5. The van der Waals surface area contributed by atoms with Crippen LogP contribution in [-0.4, -0.2) is 34.9 Å². The van der Waals surface area contributed by atoms with Crippen molar-refractivity contribution in [1.29, 1.82) is 0 Å². The van der Waals surface area contributed by atoms with Crippen molar-refractivity contribution in [2.24, 2.45) is 0 Å². The van der Waals surface area contributed by atoms with Gasteiger partial charge in [-0.05, 0) is 96.3 Å². The molecule has 386 valence electrons. The van der Waals surface area contributed by atoms with Crippen molar-refractivity contribution < 1.29 is 15.0 Å². The highest BCUT2D eigenvalue weighted by Crippen LogP contribution is 2.16. The van der Waals surface area contributed by atoms with Crippen LogP contribution in [0.5, 0.6) is 0 Å². The third kappa shape index (κ3) is 53.5. The highest BCUT2D eigenvalue weighted by molar-refractivity contribution is 5.76. The first-order valence-corrected chi connectivity index (χ1v) is 28.4. The molecule has 3 N–H and O–H groups in total. The average Bonchev–Trinajstić information content (AvgIpc) is 3.34. The average molecular weight is 939 g/mol. The lowest BCUT2D eigenvalue weighted by molar-refractivity contribution is -0.123. The van der Waals surface area contributed by atoms with E-state index in [2.05, 4.69) is 153 Å². The maximum atomic E-state index is 12.5. The number of nitrogens with one attached hydrogen (secondary N) is 1. The van der Waals surface area contributed by atoms with Crippen LogP contribution >= 0.6 is 0 Å². The number of hydrogen-bond acceptors (Lipinski definition) is 3. The zero-order valence-electron chi connectivity index (χ0n) is 44.3. The Labute approximate surface area is 421 Å². The molecule has 0 radical (unpaired) electrons. The van der Waals surface area contributed by atoms with Gasteiger partial charge in [0.25, 0.3) is 0 Å². The number of aliphatic hydroxyl groups is 2. The molecule has 2 unspecified atom stereocenters. The van der Waals surface area contributed by atoms with E-state index in [-0.39, 0.29) is 12.5 Å². The normalized spacial score (nSPS) is 13.9. The van der Waals surface area contributed by atoms with Gasteiger partial charge in [0, 0.05) is 6.42 Å². The molecule has 0 aromatic carbocycles. The molecule has 0 aliphatic heterocycles. The van der Waals surface area contributed by atoms with Crippen molar-refractivity contribution in [2.75, 3.05) is 6.61 Å². The van der Waals surface area contributed by atoms with Crippen molar-refractivity contribution in [3.63, 3.8) is 0 Å². The maximum Gasteiger partial charge on any atom is 0.220 e. The predicted octanol–water partition coefficient (Wildman–Crippen LogP) is 19.0. The van der Waals surface area contributed by atoms with Gasteiger partial charge in [-0.15, -0.1) is 0 Å². The molecule has 4 heteroatoms. The smallest absolute Gasteiger partial charge is 0.220 e. The summed E-state index contributed by atoms with van der Waals surface area (Å²) in [6.07, 6.45) is 90.0. The minimum atomic E-state index is -0.673. The number of carbonyl (C=O) groups is 1. The van der Waals surface area contributed by atoms with E-state index in [9.17, 15) is 15.0 Å². The number of aliphatic hydroxyl groups excluding tert-OH is 2. The van der Waals surface area contributed by atoms with Crippen molar-refractivity contribution >= 4 is 5.91 Å². The van der Waals surface area contributed by atoms with Gasteiger partial charge in [-0.25, -0.2) is 0 Å². The van der Waals surface area contributed by atoms with Crippen LogP contribution in [0.1, 0.15) is 245 Å². The predicted molar refractivity (Wildman–Crippen MR) is 303 cm³/mol. The van der Waals surface area contributed by atoms with Crippen LogP contribution in [0.4, 0.5) is 0 Å². The number of amides is 1. The molecule has 0 aliphatic carbocycles. The fourth-order valence-electron chi connectivity index (χ4n) is 7.89. The fourth-order valence-corrected chi connectivity index (χ4v) is 7.89. The Kier molecular flexibility index (Phi) is 54.9. The lowest BCUT2D eigenvalue weighted by atomic mass is 10.0. The zero-order valence-corrected chi connectivity index (χ0v) is 44.3. The summed E-state index contributed by atoms with van der Waals surface area (Å²) in [6.45, 7) is 4.24. The number of unbranched alkanes of at least 4 members (excludes halogenated alkanes) is 21. The molecule has 0 aliphatic rings. The molecule has 0 aromatic rings. The van der Waals surface area contributed by atoms with E-state index in [0.29, 0.717) is 12.8 Å². The highest BCUT2D eigenvalue weighted by Gasteiger charge is 2.20. The SMILES string of the molecule is CC/C=C\C/C=C\C/C=C\C/C=C\C/C=C\C/C=C\C/C=C\C/C=C\C/C=C\C/C=C\C/C=C\CCCCCCCCCC(=O)NC(CO)C(O)CCCCCCCCCCCCCCCCC. The number of allylic oxidation sites excluding steroid dienone is 22. The summed E-state index contributed by atoms with van der Waals surface area (Å²) in [6, 6.07) is -0.551. The summed E-state index contributed by atoms with van der Waals surface area (Å²) in [5, 5.41) is 23.3. The van der Waals surface area contributed by atoms with E-state index < -0.39 is 12.1 Å². The molecule has 0 bridgehead atoms. The largest absolute Gasteiger partial charge is 0.394 e. The van der Waals surface area contributed by atoms with Crippen molar-refractivity contribution in [2.45, 2.75) is 257 Å². The summed E-state index contributed by atoms with van der Waals surface area (Å²) >= 11 is 0. The molecular weight excluding hydrogens is 831 g/mol. The molecule has 0 heterocycles. The minimum Gasteiger partial charge on any atom is -0.394 e. The van der Waals surface area contributed by atoms with Crippen LogP contribution in [-0.2, 0) is 4.79 Å². The molecule has 0 saturated heterocycles. The summed E-state index contributed by atoms with van der Waals surface area (Å²) in [5.74, 6) is -0.0473. The lowest BCUT2D eigenvalue weighted by Crippen LogP contribution is -2.45. The summed E-state index contributed by atoms with van der Waals surface area (Å²) in [7, 11) is 0. The second kappa shape index (κ2) is 57.8. The molecule has 4 nitrogen and oxygen atoms in total. The lowest BCUT2D eigenvalue weighted by Gasteiger charge is -2.22. The third-order valence-electron chi connectivity index (χ3n) is 12.2. The molecular formula is C64H107NO3. The quantitative estimate of drug-likeness (QED) is 0.0420. The minimum absolute atomic E-state index is 0.0473. The zero-order chi connectivity index (χ0) is 49.2. The Bertz CT molecular complexity index is 1390. The van der Waals surface area contributed by atoms with E-state index >= 15 is 0 Å². The summed E-state index contributed by atoms with van der Waals surface area (Å²) in [5.41, 5.74) is 0. The maximum absolute atomic E-state index is 12.5. The molecule has 0 aromatic heterocycles. The Morgan fingerprint density at radius 2 is 0.647 bits per heavy atom. The van der Waals surface area contributed by atoms with Crippen LogP contribution in [0.15, 0.2) is 134 Å². The fraction of sp³-hybridized carbons (Fsp3) is 0.641. The van der Waals surface area contributed by atoms with Crippen LogP contribution in [0.3, 0.4) is 0 Å². The third-order valence-corrected chi connectivity index (χ3v) is 12.2. The van der Waals surface area contributed by atoms with Gasteiger partial charge in [-0.1, -0.05) is 276 Å². The topological polar surface area (TPSA) is 69.6 Å². The van der Waals surface area contributed by atoms with Crippen molar-refractivity contribution in [1.82, 2.24) is 5.32 Å². The first-order valence-electron chi connectivity index (χ1n) is 28.4. The molecule has 0 saturated carbocycles. The van der Waals surface area contributed by atoms with Crippen LogP contribution in [0.25, 0.3) is 0 Å². The van der Waals surface area contributed by atoms with E-state index in [1.165, 1.54) is 109 Å². The first-order chi connectivity index (χ1) is 33.7. The molecule has 0 rings (SSSR count). The highest BCUT2D eigenvalue weighted by atomic mass is 16.3. The van der Waals surface area contributed by atoms with Crippen LogP contribution in [0.2, 0.25) is 0 Å². The van der Waals surface area contributed by atoms with Gasteiger partial charge in [0.05, 0.1) is 18.8 Å². The summed E-state index contributed by atoms with van der Waals surface area (Å²) in [4.78, 5) is 12.5. The van der Waals surface area contributed by atoms with Crippen molar-refractivity contribution in [3.05, 3.63) is 134 Å². The molecule has 1 amide bonds. The number of rotatable bonds is 50. The second-order valence-corrected chi connectivity index (χ2v) is 18.6. The monoisotopic (exact) mass is 938 g/mol. The van der Waals surface area contributed by atoms with Gasteiger partial charge in [0.2, 0.25) is 5.91 Å². The molecule has 68 heavy (non-hydrogen) atoms. The van der Waals surface area contributed by atoms with Gasteiger partial charge in [0.15, 0.2) is 0 Å². The van der Waals surface area contributed by atoms with Crippen LogP contribution < -0.4 is 5.32 Å².